The quantitative estimate of drug-likeness (QED) is 0.601. The van der Waals surface area contributed by atoms with Crippen molar-refractivity contribution in [1.82, 2.24) is 4.90 Å². The Labute approximate surface area is 146 Å². The predicted molar refractivity (Wildman–Crippen MR) is 89.9 cm³/mol. The molecule has 7 nitrogen and oxygen atoms in total. The van der Waals surface area contributed by atoms with Crippen molar-refractivity contribution < 1.29 is 29.0 Å². The molecule has 1 aliphatic rings. The van der Waals surface area contributed by atoms with Crippen LogP contribution in [0.25, 0.3) is 0 Å². The molecule has 136 valence electrons. The maximum Gasteiger partial charge on any atom is 0.407 e. The summed E-state index contributed by atoms with van der Waals surface area (Å²) in [5.41, 5.74) is 0.525. The first-order chi connectivity index (χ1) is 12.0. The van der Waals surface area contributed by atoms with Crippen LogP contribution in [0.3, 0.4) is 0 Å². The third-order valence-electron chi connectivity index (χ3n) is 4.05. The van der Waals surface area contributed by atoms with Gasteiger partial charge in [-0.15, -0.1) is 0 Å². The van der Waals surface area contributed by atoms with Crippen molar-refractivity contribution in [3.63, 3.8) is 0 Å². The van der Waals surface area contributed by atoms with E-state index in [9.17, 15) is 14.4 Å². The van der Waals surface area contributed by atoms with E-state index in [-0.39, 0.29) is 30.7 Å². The van der Waals surface area contributed by atoms with E-state index in [1.165, 1.54) is 4.90 Å². The molecule has 1 saturated heterocycles. The van der Waals surface area contributed by atoms with Crippen LogP contribution in [0, 0.1) is 0 Å². The van der Waals surface area contributed by atoms with Gasteiger partial charge in [-0.05, 0) is 31.2 Å². The summed E-state index contributed by atoms with van der Waals surface area (Å²) in [6.45, 7) is 2.96. The van der Waals surface area contributed by atoms with Crippen LogP contribution < -0.4 is 4.74 Å². The van der Waals surface area contributed by atoms with Crippen molar-refractivity contribution in [2.75, 3.05) is 19.7 Å². The molecular formula is C18H23NO6. The highest BCUT2D eigenvalue weighted by atomic mass is 16.5. The van der Waals surface area contributed by atoms with Gasteiger partial charge >= 0.3 is 12.1 Å². The van der Waals surface area contributed by atoms with Crippen molar-refractivity contribution in [3.05, 3.63) is 29.8 Å². The summed E-state index contributed by atoms with van der Waals surface area (Å²) in [6, 6.07) is 6.80. The van der Waals surface area contributed by atoms with E-state index >= 15 is 0 Å². The van der Waals surface area contributed by atoms with Gasteiger partial charge in [0.1, 0.15) is 11.9 Å². The summed E-state index contributed by atoms with van der Waals surface area (Å²) >= 11 is 0. The summed E-state index contributed by atoms with van der Waals surface area (Å²) in [5, 5.41) is 8.93. The summed E-state index contributed by atoms with van der Waals surface area (Å²) in [5.74, 6) is 0.161. The number of carbonyl (C=O) groups is 3. The molecule has 0 unspecified atom stereocenters. The molecule has 1 aromatic carbocycles. The highest BCUT2D eigenvalue weighted by molar-refractivity contribution is 5.97. The van der Waals surface area contributed by atoms with Gasteiger partial charge in [0.15, 0.2) is 5.78 Å². The molecule has 1 amide bonds. The molecule has 0 aromatic heterocycles. The lowest BCUT2D eigenvalue weighted by Gasteiger charge is -2.30. The molecular weight excluding hydrogens is 326 g/mol. The van der Waals surface area contributed by atoms with Crippen molar-refractivity contribution in [3.8, 4) is 5.75 Å². The average Bonchev–Trinajstić information content (AvgIpc) is 2.61. The molecule has 0 atom stereocenters. The number of hydrogen-bond donors (Lipinski definition) is 1. The number of likely N-dealkylation sites (tertiary alicyclic amines) is 1. The van der Waals surface area contributed by atoms with Crippen molar-refractivity contribution in [2.45, 2.75) is 38.7 Å². The lowest BCUT2D eigenvalue weighted by atomic mass is 10.1. The molecule has 0 radical (unpaired) electrons. The van der Waals surface area contributed by atoms with E-state index in [4.69, 9.17) is 14.6 Å². The first-order valence-electron chi connectivity index (χ1n) is 8.43. The summed E-state index contributed by atoms with van der Waals surface area (Å²) in [4.78, 5) is 35.6. The number of piperidine rings is 1. The summed E-state index contributed by atoms with van der Waals surface area (Å²) in [7, 11) is 0. The van der Waals surface area contributed by atoms with Gasteiger partial charge in [0.25, 0.3) is 0 Å². The number of esters is 1. The van der Waals surface area contributed by atoms with E-state index in [1.807, 2.05) is 0 Å². The molecule has 0 saturated carbocycles. The fraction of sp³-hybridized carbons (Fsp3) is 0.500. The van der Waals surface area contributed by atoms with Gasteiger partial charge in [0, 0.05) is 37.9 Å². The number of hydrogen-bond acceptors (Lipinski definition) is 5. The van der Waals surface area contributed by atoms with E-state index in [0.29, 0.717) is 43.9 Å². The van der Waals surface area contributed by atoms with Crippen LogP contribution in [0.2, 0.25) is 0 Å². The highest BCUT2D eigenvalue weighted by Crippen LogP contribution is 2.20. The molecule has 0 bridgehead atoms. The number of amides is 1. The van der Waals surface area contributed by atoms with Crippen LogP contribution in [0.5, 0.6) is 5.75 Å². The monoisotopic (exact) mass is 349 g/mol. The number of carbonyl (C=O) groups excluding carboxylic acids is 2. The van der Waals surface area contributed by atoms with Crippen LogP contribution in [-0.4, -0.2) is 53.7 Å². The number of nitrogens with zero attached hydrogens (tertiary/aromatic N) is 1. The Morgan fingerprint density at radius 1 is 1.12 bits per heavy atom. The Hall–Kier alpha value is -2.57. The Morgan fingerprint density at radius 3 is 2.32 bits per heavy atom. The summed E-state index contributed by atoms with van der Waals surface area (Å²) in [6.07, 6.45) is 0.559. The third-order valence-corrected chi connectivity index (χ3v) is 4.05. The second-order valence-electron chi connectivity index (χ2n) is 5.84. The molecule has 7 heteroatoms. The van der Waals surface area contributed by atoms with Crippen LogP contribution >= 0.6 is 0 Å². The third kappa shape index (κ3) is 5.77. The number of carboxylic acid groups (broad SMARTS) is 1. The largest absolute Gasteiger partial charge is 0.490 e. The standard InChI is InChI=1S/C18H23NO6/c1-2-24-17(21)8-7-16(20)13-3-5-14(6-4-13)25-15-9-11-19(12-10-15)18(22)23/h3-6,15H,2,7-12H2,1H3,(H,22,23). The van der Waals surface area contributed by atoms with Gasteiger partial charge in [0.2, 0.25) is 0 Å². The zero-order valence-electron chi connectivity index (χ0n) is 14.3. The van der Waals surface area contributed by atoms with Gasteiger partial charge in [-0.3, -0.25) is 9.59 Å². The van der Waals surface area contributed by atoms with E-state index in [2.05, 4.69) is 0 Å². The molecule has 2 rings (SSSR count). The smallest absolute Gasteiger partial charge is 0.407 e. The van der Waals surface area contributed by atoms with Gasteiger partial charge in [-0.1, -0.05) is 0 Å². The van der Waals surface area contributed by atoms with Gasteiger partial charge in [0.05, 0.1) is 13.0 Å². The molecule has 1 aliphatic heterocycles. The topological polar surface area (TPSA) is 93.1 Å². The maximum absolute atomic E-state index is 12.0. The maximum atomic E-state index is 12.0. The lowest BCUT2D eigenvalue weighted by Crippen LogP contribution is -2.41. The van der Waals surface area contributed by atoms with Crippen LogP contribution in [-0.2, 0) is 9.53 Å². The first-order valence-corrected chi connectivity index (χ1v) is 8.43. The number of benzene rings is 1. The number of ketones is 1. The first kappa shape index (κ1) is 18.8. The number of rotatable bonds is 7. The number of Topliss-reactive ketones (excluding diaryl/α,β-unsaturated/α-hetero) is 1. The second kappa shape index (κ2) is 9.05. The summed E-state index contributed by atoms with van der Waals surface area (Å²) < 4.78 is 10.6. The fourth-order valence-electron chi connectivity index (χ4n) is 2.67. The molecule has 1 fully saturated rings. The predicted octanol–water partition coefficient (Wildman–Crippen LogP) is 2.73. The van der Waals surface area contributed by atoms with Crippen LogP contribution in [0.15, 0.2) is 24.3 Å². The average molecular weight is 349 g/mol. The Balaban J connectivity index is 1.80. The second-order valence-corrected chi connectivity index (χ2v) is 5.84. The Kier molecular flexibility index (Phi) is 6.80. The minimum absolute atomic E-state index is 0.0269. The van der Waals surface area contributed by atoms with Crippen LogP contribution in [0.1, 0.15) is 43.0 Å². The van der Waals surface area contributed by atoms with Gasteiger partial charge in [-0.2, -0.15) is 0 Å². The molecule has 1 aromatic rings. The van der Waals surface area contributed by atoms with Crippen molar-refractivity contribution in [2.24, 2.45) is 0 Å². The Bertz CT molecular complexity index is 604. The number of ether oxygens (including phenoxy) is 2. The molecule has 0 spiro atoms. The Morgan fingerprint density at radius 2 is 1.76 bits per heavy atom. The highest BCUT2D eigenvalue weighted by Gasteiger charge is 2.23. The van der Waals surface area contributed by atoms with Crippen LogP contribution in [0.4, 0.5) is 4.79 Å². The lowest BCUT2D eigenvalue weighted by molar-refractivity contribution is -0.143. The SMILES string of the molecule is CCOC(=O)CCC(=O)c1ccc(OC2CCN(C(=O)O)CC2)cc1. The van der Waals surface area contributed by atoms with Crippen molar-refractivity contribution in [1.29, 1.82) is 0 Å². The van der Waals surface area contributed by atoms with Gasteiger partial charge < -0.3 is 19.5 Å². The van der Waals surface area contributed by atoms with E-state index < -0.39 is 6.09 Å². The van der Waals surface area contributed by atoms with E-state index in [0.717, 1.165) is 0 Å². The zero-order valence-corrected chi connectivity index (χ0v) is 14.3. The molecule has 1 heterocycles. The fourth-order valence-corrected chi connectivity index (χ4v) is 2.67. The zero-order chi connectivity index (χ0) is 18.2. The minimum atomic E-state index is -0.899. The minimum Gasteiger partial charge on any atom is -0.490 e. The normalized spacial score (nSPS) is 14.8. The molecule has 25 heavy (non-hydrogen) atoms. The molecule has 0 aliphatic carbocycles. The van der Waals surface area contributed by atoms with E-state index in [1.54, 1.807) is 31.2 Å². The van der Waals surface area contributed by atoms with Crippen molar-refractivity contribution >= 4 is 17.8 Å². The molecule has 1 N–H and O–H groups in total. The van der Waals surface area contributed by atoms with Gasteiger partial charge in [-0.25, -0.2) is 4.79 Å².